The van der Waals surface area contributed by atoms with Crippen molar-refractivity contribution in [3.05, 3.63) is 72.6 Å². The highest BCUT2D eigenvalue weighted by Gasteiger charge is 2.16. The second kappa shape index (κ2) is 10.1. The van der Waals surface area contributed by atoms with Gasteiger partial charge in [-0.1, -0.05) is 36.4 Å². The fourth-order valence-corrected chi connectivity index (χ4v) is 5.38. The molecule has 4 aromatic rings. The molecule has 4 heterocycles. The average Bonchev–Trinajstić information content (AvgIpc) is 3.34. The summed E-state index contributed by atoms with van der Waals surface area (Å²) < 4.78 is 0. The highest BCUT2D eigenvalue weighted by molar-refractivity contribution is 5.95. The topological polar surface area (TPSA) is 41.6 Å². The lowest BCUT2D eigenvalue weighted by Gasteiger charge is -2.34. The summed E-state index contributed by atoms with van der Waals surface area (Å²) in [7, 11) is 4.40. The van der Waals surface area contributed by atoms with Gasteiger partial charge in [0.2, 0.25) is 0 Å². The quantitative estimate of drug-likeness (QED) is 0.459. The molecule has 0 atom stereocenters. The minimum Gasteiger partial charge on any atom is -0.369 e. The summed E-state index contributed by atoms with van der Waals surface area (Å²) in [6.45, 7) is 10.0. The van der Waals surface area contributed by atoms with Gasteiger partial charge in [0.1, 0.15) is 5.65 Å². The van der Waals surface area contributed by atoms with E-state index in [9.17, 15) is 0 Å². The number of hydrogen-bond acceptors (Lipinski definition) is 5. The average molecular weight is 481 g/mol. The van der Waals surface area contributed by atoms with Crippen molar-refractivity contribution < 1.29 is 0 Å². The highest BCUT2D eigenvalue weighted by Crippen LogP contribution is 2.32. The van der Waals surface area contributed by atoms with Crippen LogP contribution in [0.3, 0.4) is 0 Å². The smallest absolute Gasteiger partial charge is 0.137 e. The van der Waals surface area contributed by atoms with Gasteiger partial charge in [-0.3, -0.25) is 4.90 Å². The number of likely N-dealkylation sites (N-methyl/N-ethyl adjacent to an activating group) is 2. The van der Waals surface area contributed by atoms with Crippen molar-refractivity contribution in [3.63, 3.8) is 0 Å². The molecule has 0 spiro atoms. The third-order valence-electron chi connectivity index (χ3n) is 7.87. The van der Waals surface area contributed by atoms with Gasteiger partial charge < -0.3 is 19.7 Å². The summed E-state index contributed by atoms with van der Waals surface area (Å²) in [5.41, 5.74) is 8.41. The summed E-state index contributed by atoms with van der Waals surface area (Å²) in [6.07, 6.45) is 4.07. The number of rotatable bonds is 5. The minimum absolute atomic E-state index is 0.935. The Hall–Kier alpha value is -3.19. The molecule has 186 valence electrons. The van der Waals surface area contributed by atoms with Crippen molar-refractivity contribution in [2.24, 2.45) is 0 Å². The van der Waals surface area contributed by atoms with Gasteiger partial charge in [-0.05, 0) is 49.0 Å². The molecule has 2 aromatic heterocycles. The Balaban J connectivity index is 1.20. The Kier molecular flexibility index (Phi) is 6.48. The van der Waals surface area contributed by atoms with Crippen LogP contribution in [0.1, 0.15) is 5.56 Å². The monoisotopic (exact) mass is 480 g/mol. The number of H-pyrrole nitrogens is 1. The zero-order valence-corrected chi connectivity index (χ0v) is 21.5. The SMILES string of the molecule is CN1CCN(Cc2ccc(-c3c[nH]c4ncc(-c5ccc(N6CCN(C)CC6)cc5)cc34)cc2)CC1. The van der Waals surface area contributed by atoms with Gasteiger partial charge in [0.15, 0.2) is 0 Å². The molecule has 6 rings (SSSR count). The van der Waals surface area contributed by atoms with E-state index in [4.69, 9.17) is 4.98 Å². The first-order chi connectivity index (χ1) is 17.6. The van der Waals surface area contributed by atoms with Crippen LogP contribution in [0.2, 0.25) is 0 Å². The van der Waals surface area contributed by atoms with Gasteiger partial charge in [0.05, 0.1) is 0 Å². The van der Waals surface area contributed by atoms with Crippen molar-refractivity contribution in [1.29, 1.82) is 0 Å². The Labute approximate surface area is 214 Å². The van der Waals surface area contributed by atoms with Gasteiger partial charge in [-0.2, -0.15) is 0 Å². The predicted octanol–water partition coefficient (Wildman–Crippen LogP) is 4.40. The van der Waals surface area contributed by atoms with Crippen LogP contribution < -0.4 is 4.90 Å². The van der Waals surface area contributed by atoms with Crippen LogP contribution in [0.4, 0.5) is 5.69 Å². The first kappa shape index (κ1) is 23.2. The second-order valence-corrected chi connectivity index (χ2v) is 10.4. The first-order valence-corrected chi connectivity index (χ1v) is 13.1. The van der Waals surface area contributed by atoms with Gasteiger partial charge in [-0.15, -0.1) is 0 Å². The van der Waals surface area contributed by atoms with Gasteiger partial charge in [-0.25, -0.2) is 4.98 Å². The molecule has 0 amide bonds. The molecule has 2 aromatic carbocycles. The number of pyridine rings is 1. The molecule has 6 heteroatoms. The Bertz CT molecular complexity index is 1290. The van der Waals surface area contributed by atoms with Crippen LogP contribution in [0, 0.1) is 0 Å². The first-order valence-electron chi connectivity index (χ1n) is 13.1. The maximum absolute atomic E-state index is 4.74. The number of anilines is 1. The van der Waals surface area contributed by atoms with Crippen molar-refractivity contribution in [2.45, 2.75) is 6.54 Å². The van der Waals surface area contributed by atoms with E-state index in [1.807, 2.05) is 6.20 Å². The summed E-state index contributed by atoms with van der Waals surface area (Å²) in [6, 6.07) is 20.3. The summed E-state index contributed by atoms with van der Waals surface area (Å²) in [5, 5.41) is 1.17. The maximum atomic E-state index is 4.74. The van der Waals surface area contributed by atoms with E-state index in [1.165, 1.54) is 33.3 Å². The van der Waals surface area contributed by atoms with E-state index in [0.29, 0.717) is 0 Å². The Morgan fingerprint density at radius 3 is 2.06 bits per heavy atom. The van der Waals surface area contributed by atoms with E-state index < -0.39 is 0 Å². The molecule has 2 aliphatic rings. The van der Waals surface area contributed by atoms with Crippen LogP contribution in [-0.2, 0) is 6.54 Å². The number of nitrogens with one attached hydrogen (secondary N) is 1. The lowest BCUT2D eigenvalue weighted by atomic mass is 10.0. The fraction of sp³-hybridized carbons (Fsp3) is 0.367. The van der Waals surface area contributed by atoms with E-state index in [2.05, 4.69) is 99.5 Å². The summed E-state index contributed by atoms with van der Waals surface area (Å²) in [5.74, 6) is 0. The molecule has 6 nitrogen and oxygen atoms in total. The third kappa shape index (κ3) is 4.89. The molecular formula is C30H36N6. The minimum atomic E-state index is 0.935. The van der Waals surface area contributed by atoms with Crippen molar-refractivity contribution >= 4 is 16.7 Å². The molecule has 1 N–H and O–H groups in total. The largest absolute Gasteiger partial charge is 0.369 e. The number of benzene rings is 2. The summed E-state index contributed by atoms with van der Waals surface area (Å²) in [4.78, 5) is 17.9. The van der Waals surface area contributed by atoms with E-state index in [0.717, 1.165) is 70.1 Å². The molecule has 0 radical (unpaired) electrons. The summed E-state index contributed by atoms with van der Waals surface area (Å²) >= 11 is 0. The standard InChI is InChI=1S/C30H36N6/c1-33-11-15-35(16-12-33)22-23-3-5-25(6-4-23)29-21-32-30-28(29)19-26(20-31-30)24-7-9-27(10-8-24)36-17-13-34(2)14-18-36/h3-10,19-21H,11-18,22H2,1-2H3,(H,31,32). The Morgan fingerprint density at radius 2 is 1.36 bits per heavy atom. The van der Waals surface area contributed by atoms with Gasteiger partial charge in [0.25, 0.3) is 0 Å². The number of hydrogen-bond donors (Lipinski definition) is 1. The highest BCUT2D eigenvalue weighted by atomic mass is 15.3. The second-order valence-electron chi connectivity index (χ2n) is 10.4. The van der Waals surface area contributed by atoms with Crippen LogP contribution in [-0.4, -0.2) is 91.1 Å². The number of nitrogens with zero attached hydrogens (tertiary/aromatic N) is 5. The normalized spacial score (nSPS) is 18.2. The molecule has 2 saturated heterocycles. The number of aromatic amines is 1. The maximum Gasteiger partial charge on any atom is 0.137 e. The molecule has 0 unspecified atom stereocenters. The number of piperazine rings is 2. The molecule has 2 aliphatic heterocycles. The fourth-order valence-electron chi connectivity index (χ4n) is 5.38. The van der Waals surface area contributed by atoms with Crippen molar-refractivity contribution in [3.8, 4) is 22.3 Å². The van der Waals surface area contributed by atoms with E-state index in [-0.39, 0.29) is 0 Å². The van der Waals surface area contributed by atoms with E-state index >= 15 is 0 Å². The number of aromatic nitrogens is 2. The molecule has 36 heavy (non-hydrogen) atoms. The number of fused-ring (bicyclic) bond motifs is 1. The molecule has 0 saturated carbocycles. The Morgan fingerprint density at radius 1 is 0.722 bits per heavy atom. The van der Waals surface area contributed by atoms with Gasteiger partial charge >= 0.3 is 0 Å². The zero-order chi connectivity index (χ0) is 24.5. The molecule has 0 aliphatic carbocycles. The molecular weight excluding hydrogens is 444 g/mol. The van der Waals surface area contributed by atoms with Crippen molar-refractivity contribution in [2.75, 3.05) is 71.4 Å². The predicted molar refractivity (Wildman–Crippen MR) is 149 cm³/mol. The molecule has 2 fully saturated rings. The van der Waals surface area contributed by atoms with Crippen LogP contribution in [0.5, 0.6) is 0 Å². The van der Waals surface area contributed by atoms with Crippen LogP contribution in [0.25, 0.3) is 33.3 Å². The van der Waals surface area contributed by atoms with Crippen LogP contribution in [0.15, 0.2) is 67.0 Å². The van der Waals surface area contributed by atoms with Gasteiger partial charge in [0, 0.05) is 93.5 Å². The van der Waals surface area contributed by atoms with E-state index in [1.54, 1.807) is 0 Å². The van der Waals surface area contributed by atoms with Crippen molar-refractivity contribution in [1.82, 2.24) is 24.7 Å². The third-order valence-corrected chi connectivity index (χ3v) is 7.87. The zero-order valence-electron chi connectivity index (χ0n) is 21.5. The van der Waals surface area contributed by atoms with Crippen LogP contribution >= 0.6 is 0 Å². The lowest BCUT2D eigenvalue weighted by Crippen LogP contribution is -2.44. The lowest BCUT2D eigenvalue weighted by molar-refractivity contribution is 0.148. The molecule has 0 bridgehead atoms.